The Morgan fingerprint density at radius 1 is 1.12 bits per heavy atom. The van der Waals surface area contributed by atoms with Crippen molar-refractivity contribution in [3.05, 3.63) is 71.3 Å². The van der Waals surface area contributed by atoms with Crippen LogP contribution < -0.4 is 10.1 Å². The minimum absolute atomic E-state index is 0.0587. The van der Waals surface area contributed by atoms with Crippen LogP contribution in [-0.2, 0) is 11.6 Å². The maximum Gasteiger partial charge on any atom is 0.435 e. The van der Waals surface area contributed by atoms with Crippen molar-refractivity contribution in [2.75, 3.05) is 13.7 Å². The molecule has 3 aromatic rings. The van der Waals surface area contributed by atoms with Crippen LogP contribution in [0.4, 0.5) is 17.6 Å². The van der Waals surface area contributed by atoms with Gasteiger partial charge in [-0.3, -0.25) is 4.79 Å². The van der Waals surface area contributed by atoms with Gasteiger partial charge < -0.3 is 10.1 Å². The number of hydrogen-bond donors (Lipinski definition) is 1. The van der Waals surface area contributed by atoms with Crippen LogP contribution in [0.3, 0.4) is 0 Å². The molecular weight excluding hydrogens is 440 g/mol. The Hall–Kier alpha value is -3.43. The first kappa shape index (κ1) is 22.8. The molecule has 0 saturated heterocycles. The number of alkyl halides is 3. The summed E-state index contributed by atoms with van der Waals surface area (Å²) in [4.78, 5) is 12.9. The predicted octanol–water partition coefficient (Wildman–Crippen LogP) is 4.68. The predicted molar refractivity (Wildman–Crippen MR) is 112 cm³/mol. The van der Waals surface area contributed by atoms with Gasteiger partial charge in [-0.05, 0) is 43.2 Å². The van der Waals surface area contributed by atoms with Crippen LogP contribution in [-0.4, -0.2) is 34.6 Å². The van der Waals surface area contributed by atoms with E-state index in [4.69, 9.17) is 4.74 Å². The van der Waals surface area contributed by atoms with Crippen molar-refractivity contribution in [2.24, 2.45) is 0 Å². The van der Waals surface area contributed by atoms with Gasteiger partial charge in [0.1, 0.15) is 11.6 Å². The Kier molecular flexibility index (Phi) is 6.09. The molecule has 6 nitrogen and oxygen atoms in total. The van der Waals surface area contributed by atoms with E-state index in [2.05, 4.69) is 15.6 Å². The topological polar surface area (TPSA) is 69.0 Å². The first-order valence-corrected chi connectivity index (χ1v) is 10.5. The summed E-state index contributed by atoms with van der Waals surface area (Å²) < 4.78 is 60.8. The molecule has 0 atom stereocenters. The van der Waals surface area contributed by atoms with E-state index in [-0.39, 0.29) is 12.2 Å². The van der Waals surface area contributed by atoms with Gasteiger partial charge in [-0.25, -0.2) is 9.07 Å². The lowest BCUT2D eigenvalue weighted by Crippen LogP contribution is -2.40. The zero-order chi connectivity index (χ0) is 23.6. The number of rotatable bonds is 6. The minimum Gasteiger partial charge on any atom is -0.496 e. The van der Waals surface area contributed by atoms with E-state index in [1.54, 1.807) is 7.11 Å². The third-order valence-electron chi connectivity index (χ3n) is 6.05. The van der Waals surface area contributed by atoms with Crippen LogP contribution in [0.2, 0.25) is 0 Å². The van der Waals surface area contributed by atoms with Crippen molar-refractivity contribution in [3.8, 4) is 11.4 Å². The first-order chi connectivity index (χ1) is 15.7. The second-order valence-electron chi connectivity index (χ2n) is 8.04. The highest BCUT2D eigenvalue weighted by Gasteiger charge is 2.43. The number of carbonyl (C=O) groups excluding carboxylic acids is 1. The third kappa shape index (κ3) is 4.42. The molecule has 0 bridgehead atoms. The van der Waals surface area contributed by atoms with E-state index in [0.717, 1.165) is 55.5 Å². The fraction of sp³-hybridized carbons (Fsp3) is 0.348. The lowest BCUT2D eigenvalue weighted by atomic mass is 9.78. The molecule has 1 aliphatic carbocycles. The average molecular weight is 462 g/mol. The largest absolute Gasteiger partial charge is 0.496 e. The third-order valence-corrected chi connectivity index (χ3v) is 6.05. The van der Waals surface area contributed by atoms with Gasteiger partial charge in [-0.15, -0.1) is 5.10 Å². The fourth-order valence-electron chi connectivity index (χ4n) is 4.46. The molecule has 10 heteroatoms. The van der Waals surface area contributed by atoms with E-state index in [9.17, 15) is 22.4 Å². The molecule has 1 amide bonds. The number of amides is 1. The van der Waals surface area contributed by atoms with E-state index < -0.39 is 34.7 Å². The fourth-order valence-corrected chi connectivity index (χ4v) is 4.46. The second kappa shape index (κ2) is 8.84. The number of hydrogen-bond acceptors (Lipinski definition) is 4. The second-order valence-corrected chi connectivity index (χ2v) is 8.04. The molecule has 1 fully saturated rings. The Labute approximate surface area is 187 Å². The standard InChI is InChI=1S/C23H22F4N4O2/c1-33-18-7-3-2-6-17(18)22(12-4-5-13-22)14-28-21(32)19-20(23(25,26)27)31(30-29-19)16-10-8-15(24)9-11-16/h2-3,6-11H,4-5,12-14H2,1H3,(H,28,32). The van der Waals surface area contributed by atoms with Crippen molar-refractivity contribution in [1.29, 1.82) is 0 Å². The van der Waals surface area contributed by atoms with Gasteiger partial charge in [-0.2, -0.15) is 13.2 Å². The molecule has 1 saturated carbocycles. The average Bonchev–Trinajstić information content (AvgIpc) is 3.46. The van der Waals surface area contributed by atoms with Gasteiger partial charge in [0.2, 0.25) is 0 Å². The number of para-hydroxylation sites is 1. The van der Waals surface area contributed by atoms with Crippen molar-refractivity contribution in [1.82, 2.24) is 20.3 Å². The Morgan fingerprint density at radius 3 is 2.42 bits per heavy atom. The van der Waals surface area contributed by atoms with Crippen LogP contribution in [0.1, 0.15) is 47.4 Å². The van der Waals surface area contributed by atoms with E-state index in [1.165, 1.54) is 0 Å². The molecule has 33 heavy (non-hydrogen) atoms. The van der Waals surface area contributed by atoms with Gasteiger partial charge >= 0.3 is 6.18 Å². The number of benzene rings is 2. The molecule has 0 aliphatic heterocycles. The van der Waals surface area contributed by atoms with Crippen LogP contribution in [0.15, 0.2) is 48.5 Å². The summed E-state index contributed by atoms with van der Waals surface area (Å²) in [7, 11) is 1.56. The van der Waals surface area contributed by atoms with Gasteiger partial charge in [0, 0.05) is 17.5 Å². The lowest BCUT2D eigenvalue weighted by Gasteiger charge is -2.31. The van der Waals surface area contributed by atoms with Crippen LogP contribution in [0, 0.1) is 5.82 Å². The zero-order valence-electron chi connectivity index (χ0n) is 17.8. The van der Waals surface area contributed by atoms with Crippen molar-refractivity contribution >= 4 is 5.91 Å². The molecule has 174 valence electrons. The molecule has 4 rings (SSSR count). The number of nitrogens with one attached hydrogen (secondary N) is 1. The van der Waals surface area contributed by atoms with Crippen molar-refractivity contribution < 1.29 is 27.1 Å². The van der Waals surface area contributed by atoms with Crippen molar-refractivity contribution in [3.63, 3.8) is 0 Å². The molecule has 1 aromatic heterocycles. The first-order valence-electron chi connectivity index (χ1n) is 10.5. The highest BCUT2D eigenvalue weighted by atomic mass is 19.4. The summed E-state index contributed by atoms with van der Waals surface area (Å²) in [5.74, 6) is -0.910. The van der Waals surface area contributed by atoms with Gasteiger partial charge in [-0.1, -0.05) is 36.3 Å². The summed E-state index contributed by atoms with van der Waals surface area (Å²) in [6.07, 6.45) is -1.51. The SMILES string of the molecule is COc1ccccc1C1(CNC(=O)c2nnn(-c3ccc(F)cc3)c2C(F)(F)F)CCCC1. The van der Waals surface area contributed by atoms with E-state index in [1.807, 2.05) is 24.3 Å². The smallest absolute Gasteiger partial charge is 0.435 e. The maximum absolute atomic E-state index is 13.9. The molecular formula is C23H22F4N4O2. The Morgan fingerprint density at radius 2 is 1.79 bits per heavy atom. The summed E-state index contributed by atoms with van der Waals surface area (Å²) >= 11 is 0. The molecule has 1 N–H and O–H groups in total. The number of halogens is 4. The van der Waals surface area contributed by atoms with Crippen molar-refractivity contribution in [2.45, 2.75) is 37.3 Å². The maximum atomic E-state index is 13.9. The molecule has 2 aromatic carbocycles. The number of aromatic nitrogens is 3. The molecule has 0 spiro atoms. The molecule has 0 unspecified atom stereocenters. The Balaban J connectivity index is 1.64. The monoisotopic (exact) mass is 462 g/mol. The van der Waals surface area contributed by atoms with E-state index in [0.29, 0.717) is 10.4 Å². The highest BCUT2D eigenvalue weighted by Crippen LogP contribution is 2.44. The van der Waals surface area contributed by atoms with Crippen LogP contribution in [0.5, 0.6) is 5.75 Å². The quantitative estimate of drug-likeness (QED) is 0.541. The van der Waals surface area contributed by atoms with E-state index >= 15 is 0 Å². The van der Waals surface area contributed by atoms with Gasteiger partial charge in [0.05, 0.1) is 12.8 Å². The van der Waals surface area contributed by atoms with Crippen LogP contribution in [0.25, 0.3) is 5.69 Å². The van der Waals surface area contributed by atoms with Crippen LogP contribution >= 0.6 is 0 Å². The zero-order valence-corrected chi connectivity index (χ0v) is 17.8. The minimum atomic E-state index is -4.90. The lowest BCUT2D eigenvalue weighted by molar-refractivity contribution is -0.143. The molecule has 1 heterocycles. The molecule has 1 aliphatic rings. The number of methoxy groups -OCH3 is 1. The number of nitrogens with zero attached hydrogens (tertiary/aromatic N) is 3. The Bertz CT molecular complexity index is 1140. The van der Waals surface area contributed by atoms with Gasteiger partial charge in [0.25, 0.3) is 5.91 Å². The number of carbonyl (C=O) groups is 1. The summed E-state index contributed by atoms with van der Waals surface area (Å²) in [5, 5.41) is 9.70. The summed E-state index contributed by atoms with van der Waals surface area (Å²) in [5.41, 5.74) is -1.75. The summed E-state index contributed by atoms with van der Waals surface area (Å²) in [6, 6.07) is 11.7. The summed E-state index contributed by atoms with van der Waals surface area (Å²) in [6.45, 7) is 0.132. The highest BCUT2D eigenvalue weighted by molar-refractivity contribution is 5.93. The molecule has 0 radical (unpaired) electrons. The number of ether oxygens (including phenoxy) is 1. The normalized spacial score (nSPS) is 15.4. The van der Waals surface area contributed by atoms with Gasteiger partial charge in [0.15, 0.2) is 11.4 Å².